The fourth-order valence-electron chi connectivity index (χ4n) is 5.45. The quantitative estimate of drug-likeness (QED) is 0.637. The number of morpholine rings is 1. The number of hydroxylamine groups is 2. The van der Waals surface area contributed by atoms with Crippen LogP contribution in [0.4, 0.5) is 0 Å². The number of hydrogen-bond acceptors (Lipinski definition) is 7. The van der Waals surface area contributed by atoms with Crippen LogP contribution in [0, 0.1) is 0 Å². The molecule has 1 aliphatic carbocycles. The topological polar surface area (TPSA) is 50.3 Å². The van der Waals surface area contributed by atoms with E-state index in [1.54, 1.807) is 0 Å². The van der Waals surface area contributed by atoms with Crippen molar-refractivity contribution in [1.82, 2.24) is 19.8 Å². The third-order valence-electron chi connectivity index (χ3n) is 7.38. The van der Waals surface area contributed by atoms with Crippen LogP contribution < -0.4 is 0 Å². The van der Waals surface area contributed by atoms with Gasteiger partial charge in [0.15, 0.2) is 0 Å². The van der Waals surface area contributed by atoms with E-state index in [4.69, 9.17) is 19.3 Å². The van der Waals surface area contributed by atoms with Crippen LogP contribution in [0.25, 0.3) is 5.57 Å². The summed E-state index contributed by atoms with van der Waals surface area (Å²) in [5.41, 5.74) is 6.09. The van der Waals surface area contributed by atoms with Crippen LogP contribution in [-0.4, -0.2) is 85.1 Å². The zero-order valence-electron chi connectivity index (χ0n) is 20.2. The Hall–Kier alpha value is -2.39. The molecule has 2 aromatic rings. The molecule has 2 bridgehead atoms. The van der Waals surface area contributed by atoms with Crippen molar-refractivity contribution in [1.29, 1.82) is 0 Å². The lowest BCUT2D eigenvalue weighted by Crippen LogP contribution is -2.40. The second-order valence-corrected chi connectivity index (χ2v) is 9.79. The number of benzene rings is 1. The van der Waals surface area contributed by atoms with Crippen molar-refractivity contribution in [3.8, 4) is 0 Å². The molecule has 184 valence electrons. The monoisotopic (exact) mass is 474 g/mol. The standard InChI is InChI=1S/C28H34N4O3/c1-2-5-22(6-3-1)20-35-32-10-8-25(19-32)31-17-23-15-24(18-30-11-13-33-14-12-30)26-7-4-9-29-28(26)27(16-23)34-21-31/h1-7,9,15-16,25,27H,8,10-14,17-21H2. The van der Waals surface area contributed by atoms with Crippen molar-refractivity contribution in [3.05, 3.63) is 83.2 Å². The average molecular weight is 475 g/mol. The van der Waals surface area contributed by atoms with Crippen LogP contribution in [0.2, 0.25) is 0 Å². The Morgan fingerprint density at radius 2 is 1.91 bits per heavy atom. The minimum absolute atomic E-state index is 0.114. The van der Waals surface area contributed by atoms with E-state index in [0.717, 1.165) is 64.6 Å². The molecule has 2 fully saturated rings. The number of aromatic nitrogens is 1. The average Bonchev–Trinajstić information content (AvgIpc) is 3.22. The van der Waals surface area contributed by atoms with Gasteiger partial charge in [0.2, 0.25) is 0 Å². The van der Waals surface area contributed by atoms with Crippen molar-refractivity contribution in [2.24, 2.45) is 0 Å². The second-order valence-electron chi connectivity index (χ2n) is 9.79. The number of fused-ring (bicyclic) bond motifs is 3. The van der Waals surface area contributed by atoms with Gasteiger partial charge in [-0.3, -0.25) is 19.6 Å². The minimum Gasteiger partial charge on any atom is -0.379 e. The molecule has 3 aliphatic heterocycles. The zero-order chi connectivity index (χ0) is 23.5. The molecule has 2 unspecified atom stereocenters. The molecule has 4 aliphatic rings. The zero-order valence-corrected chi connectivity index (χ0v) is 20.2. The summed E-state index contributed by atoms with van der Waals surface area (Å²) in [6.45, 7) is 8.41. The summed E-state index contributed by atoms with van der Waals surface area (Å²) in [5, 5.41) is 2.12. The van der Waals surface area contributed by atoms with Gasteiger partial charge < -0.3 is 9.47 Å². The Labute approximate surface area is 207 Å². The molecule has 0 amide bonds. The first-order valence-corrected chi connectivity index (χ1v) is 12.8. The lowest BCUT2D eigenvalue weighted by Gasteiger charge is -2.30. The van der Waals surface area contributed by atoms with E-state index in [1.165, 1.54) is 22.3 Å². The number of pyridine rings is 1. The Kier molecular flexibility index (Phi) is 7.04. The molecule has 7 nitrogen and oxygen atoms in total. The fourth-order valence-corrected chi connectivity index (χ4v) is 5.45. The smallest absolute Gasteiger partial charge is 0.121 e. The van der Waals surface area contributed by atoms with Crippen LogP contribution in [0.5, 0.6) is 0 Å². The SMILES string of the molecule is C1=C2C=C(CN3CCOCC3)c3cccnc3C1OCN(C1CCN(OCc3ccccc3)C1)C2. The Morgan fingerprint density at radius 1 is 1.03 bits per heavy atom. The van der Waals surface area contributed by atoms with E-state index >= 15 is 0 Å². The lowest BCUT2D eigenvalue weighted by atomic mass is 10.0. The van der Waals surface area contributed by atoms with Gasteiger partial charge in [0, 0.05) is 57.1 Å². The molecule has 1 aromatic heterocycles. The maximum atomic E-state index is 6.47. The first-order valence-electron chi connectivity index (χ1n) is 12.8. The molecular weight excluding hydrogens is 440 g/mol. The predicted octanol–water partition coefficient (Wildman–Crippen LogP) is 3.27. The van der Waals surface area contributed by atoms with Crippen molar-refractivity contribution < 1.29 is 14.3 Å². The van der Waals surface area contributed by atoms with E-state index < -0.39 is 0 Å². The summed E-state index contributed by atoms with van der Waals surface area (Å²) in [6, 6.07) is 15.0. The highest BCUT2D eigenvalue weighted by Crippen LogP contribution is 2.35. The number of hydrogen-bond donors (Lipinski definition) is 0. The molecule has 0 saturated carbocycles. The van der Waals surface area contributed by atoms with Gasteiger partial charge in [-0.1, -0.05) is 42.5 Å². The molecule has 1 aromatic carbocycles. The molecular formula is C28H34N4O3. The molecule has 0 spiro atoms. The summed E-state index contributed by atoms with van der Waals surface area (Å²) in [5.74, 6) is 0. The molecule has 0 N–H and O–H groups in total. The van der Waals surface area contributed by atoms with Gasteiger partial charge in [-0.2, -0.15) is 5.06 Å². The van der Waals surface area contributed by atoms with Crippen molar-refractivity contribution in [3.63, 3.8) is 0 Å². The summed E-state index contributed by atoms with van der Waals surface area (Å²) in [6.07, 6.45) is 7.51. The molecule has 4 heterocycles. The molecule has 6 rings (SSSR count). The van der Waals surface area contributed by atoms with Gasteiger partial charge in [0.25, 0.3) is 0 Å². The second kappa shape index (κ2) is 10.7. The fraction of sp³-hybridized carbons (Fsp3) is 0.464. The number of rotatable bonds is 6. The first-order chi connectivity index (χ1) is 17.3. The van der Waals surface area contributed by atoms with E-state index in [9.17, 15) is 0 Å². The highest BCUT2D eigenvalue weighted by Gasteiger charge is 2.33. The Morgan fingerprint density at radius 3 is 2.80 bits per heavy atom. The van der Waals surface area contributed by atoms with Gasteiger partial charge in [0.05, 0.1) is 25.5 Å². The molecule has 0 radical (unpaired) electrons. The van der Waals surface area contributed by atoms with Gasteiger partial charge in [-0.25, -0.2) is 0 Å². The largest absolute Gasteiger partial charge is 0.379 e. The van der Waals surface area contributed by atoms with Crippen molar-refractivity contribution >= 4 is 5.57 Å². The Balaban J connectivity index is 1.15. The van der Waals surface area contributed by atoms with Crippen LogP contribution in [0.1, 0.15) is 29.3 Å². The van der Waals surface area contributed by atoms with Crippen LogP contribution >= 0.6 is 0 Å². The first kappa shape index (κ1) is 23.0. The van der Waals surface area contributed by atoms with E-state index in [1.807, 2.05) is 18.3 Å². The molecule has 35 heavy (non-hydrogen) atoms. The lowest BCUT2D eigenvalue weighted by molar-refractivity contribution is -0.157. The maximum absolute atomic E-state index is 6.47. The molecule has 2 atom stereocenters. The van der Waals surface area contributed by atoms with Crippen molar-refractivity contribution in [2.75, 3.05) is 59.2 Å². The molecule has 7 heteroatoms. The Bertz CT molecular complexity index is 1070. The summed E-state index contributed by atoms with van der Waals surface area (Å²) < 4.78 is 12.0. The minimum atomic E-state index is -0.114. The predicted molar refractivity (Wildman–Crippen MR) is 134 cm³/mol. The summed E-state index contributed by atoms with van der Waals surface area (Å²) >= 11 is 0. The van der Waals surface area contributed by atoms with Crippen molar-refractivity contribution in [2.45, 2.75) is 25.2 Å². The van der Waals surface area contributed by atoms with Crippen LogP contribution in [-0.2, 0) is 20.9 Å². The van der Waals surface area contributed by atoms with E-state index in [-0.39, 0.29) is 6.10 Å². The highest BCUT2D eigenvalue weighted by atomic mass is 16.7. The van der Waals surface area contributed by atoms with Gasteiger partial charge in [-0.05, 0) is 35.3 Å². The maximum Gasteiger partial charge on any atom is 0.121 e. The van der Waals surface area contributed by atoms with E-state index in [2.05, 4.69) is 57.3 Å². The van der Waals surface area contributed by atoms with Crippen LogP contribution in [0.15, 0.2) is 66.4 Å². The van der Waals surface area contributed by atoms with Gasteiger partial charge >= 0.3 is 0 Å². The summed E-state index contributed by atoms with van der Waals surface area (Å²) in [7, 11) is 0. The third-order valence-corrected chi connectivity index (χ3v) is 7.38. The normalized spacial score (nSPS) is 25.9. The summed E-state index contributed by atoms with van der Waals surface area (Å²) in [4.78, 5) is 15.8. The molecule has 2 saturated heterocycles. The third kappa shape index (κ3) is 5.40. The van der Waals surface area contributed by atoms with Gasteiger partial charge in [0.1, 0.15) is 12.8 Å². The number of ether oxygens (including phenoxy) is 2. The van der Waals surface area contributed by atoms with E-state index in [0.29, 0.717) is 19.4 Å². The number of nitrogens with zero attached hydrogens (tertiary/aromatic N) is 4. The highest BCUT2D eigenvalue weighted by molar-refractivity contribution is 5.73. The van der Waals surface area contributed by atoms with Crippen LogP contribution in [0.3, 0.4) is 0 Å². The van der Waals surface area contributed by atoms with Gasteiger partial charge in [-0.15, -0.1) is 0 Å².